The zero-order valence-electron chi connectivity index (χ0n) is 75.7. The number of thiophene rings is 4. The molecule has 8 aromatic carbocycles. The number of piperazine rings is 4. The SMILES string of the molecule is CC(C)(O)c1ccc(N2CCN(S(=O)(=O)c3cccs3)C[C@@H]2CS(=O)(=O)c2ccc(F)cc2)cc1.CC(C)(O)c1ccc(N2CCN(S(=O)(=O)c3cccs3)C[C@@H]2CSc2ccc(F)cc2)cc1.CC(C)(O)c1ccc(N2CCN(S(=O)(=O)c3cccs3)C[C@@H]2C[S@@](=O)c2ccc(F)cc2)cc1.CC(C)(O)c1ccc(N2CCN(S(=O)(=O)c3cccs3)C[C@@H]2C[S@](=O)c2ccc(F)cc2)cc1. The van der Waals surface area contributed by atoms with Gasteiger partial charge in [-0.05, 0) is 269 Å². The number of aliphatic hydroxyl groups is 4. The number of thioether (sulfide) groups is 1. The van der Waals surface area contributed by atoms with Gasteiger partial charge in [0.1, 0.15) is 40.1 Å². The van der Waals surface area contributed by atoms with Crippen LogP contribution >= 0.6 is 57.1 Å². The summed E-state index contributed by atoms with van der Waals surface area (Å²) in [6, 6.07) is 63.6. The van der Waals surface area contributed by atoms with Gasteiger partial charge in [0.2, 0.25) is 0 Å². The number of halogens is 4. The van der Waals surface area contributed by atoms with Crippen LogP contribution in [0, 0.1) is 23.3 Å². The maximum absolute atomic E-state index is 13.4. The van der Waals surface area contributed by atoms with Crippen LogP contribution in [0.15, 0.2) is 301 Å². The third-order valence-corrected chi connectivity index (χ3v) is 42.3. The van der Waals surface area contributed by atoms with Crippen molar-refractivity contribution in [3.05, 3.63) is 310 Å². The van der Waals surface area contributed by atoms with Gasteiger partial charge in [-0.25, -0.2) is 59.7 Å². The van der Waals surface area contributed by atoms with Gasteiger partial charge in [-0.2, -0.15) is 17.2 Å². The molecule has 0 bridgehead atoms. The predicted molar refractivity (Wildman–Crippen MR) is 535 cm³/mol. The smallest absolute Gasteiger partial charge is 0.252 e. The molecule has 4 aliphatic heterocycles. The summed E-state index contributed by atoms with van der Waals surface area (Å²) >= 11 is 6.28. The lowest BCUT2D eigenvalue weighted by atomic mass is 9.98. The van der Waals surface area contributed by atoms with E-state index in [1.54, 1.807) is 172 Å². The Morgan fingerprint density at radius 1 is 0.324 bits per heavy atom. The largest absolute Gasteiger partial charge is 0.386 e. The van der Waals surface area contributed by atoms with E-state index in [1.165, 1.54) is 126 Å². The standard InChI is InChI=1S/C24H27FN2O5S3.2C24H27FN2O4S3.C24H27FN2O3S3/c1-24(2,28)18-5-9-20(10-6-18)27-14-13-26(35(31,32)23-4-3-15-33-23)16-21(27)17-34(29,30)22-11-7-19(25)8-12-22;2*1-24(2,28)18-5-9-20(10-6-18)27-14-13-26(34(30,31)23-4-3-15-32-23)16-21(27)17-33(29)22-11-7-19(25)8-12-22;1-24(2,28)18-5-9-20(10-6-18)27-14-13-26(33(29,30)23-4-3-15-31-23)16-21(27)17-32-22-11-7-19(25)8-12-22/h3-12,15,21,28H,13-14,16-17H2,1-2H3;2*3-12,15,21,28H,13-14,16-17H2,1-2H3;3-12,15,21,28H,13-14,16-17H2,1-2H3/t21-;21-,33+;21-,33-;21-/m1111/s1. The van der Waals surface area contributed by atoms with Gasteiger partial charge in [0.25, 0.3) is 40.1 Å². The number of hydrogen-bond donors (Lipinski definition) is 4. The highest BCUT2D eigenvalue weighted by molar-refractivity contribution is 7.99. The second kappa shape index (κ2) is 44.2. The molecule has 0 unspecified atom stereocenters. The fourth-order valence-corrected chi connectivity index (χ4v) is 31.5. The number of sulfonamides is 4. The van der Waals surface area contributed by atoms with E-state index in [4.69, 9.17) is 0 Å². The van der Waals surface area contributed by atoms with Crippen LogP contribution in [0.25, 0.3) is 0 Å². The number of rotatable bonds is 28. The van der Waals surface area contributed by atoms with Crippen molar-refractivity contribution in [3.63, 3.8) is 0 Å². The molecule has 8 heterocycles. The van der Waals surface area contributed by atoms with Gasteiger partial charge in [0.15, 0.2) is 9.84 Å². The van der Waals surface area contributed by atoms with E-state index in [9.17, 15) is 88.5 Å². The normalized spacial score (nSPS) is 18.4. The summed E-state index contributed by atoms with van der Waals surface area (Å²) in [5.74, 6) is -0.940. The number of sulfone groups is 1. The maximum Gasteiger partial charge on any atom is 0.252 e. The molecule has 4 fully saturated rings. The first kappa shape index (κ1) is 105. The molecule has 4 saturated heterocycles. The topological polar surface area (TPSA) is 312 Å². The van der Waals surface area contributed by atoms with Crippen LogP contribution in [-0.4, -0.2) is 214 Å². The van der Waals surface area contributed by atoms with Gasteiger partial charge in [0, 0.05) is 133 Å². The average molecular weight is 2090 g/mol. The number of anilines is 4. The molecule has 24 nitrogen and oxygen atoms in total. The third-order valence-electron chi connectivity index (χ3n) is 23.4. The van der Waals surface area contributed by atoms with E-state index >= 15 is 0 Å². The van der Waals surface area contributed by atoms with Gasteiger partial charge >= 0.3 is 0 Å². The highest BCUT2D eigenvalue weighted by Gasteiger charge is 2.42. The van der Waals surface area contributed by atoms with Gasteiger partial charge in [-0.3, -0.25) is 8.42 Å². The molecule has 12 aromatic rings. The van der Waals surface area contributed by atoms with Gasteiger partial charge in [-0.1, -0.05) is 72.8 Å². The van der Waals surface area contributed by atoms with E-state index in [0.29, 0.717) is 71.1 Å². The van der Waals surface area contributed by atoms with E-state index in [0.717, 1.165) is 67.8 Å². The maximum atomic E-state index is 13.4. The van der Waals surface area contributed by atoms with Crippen LogP contribution < -0.4 is 19.6 Å². The van der Waals surface area contributed by atoms with Crippen molar-refractivity contribution < 1.29 is 88.5 Å². The summed E-state index contributed by atoms with van der Waals surface area (Å²) in [6.07, 6.45) is 0. The molecule has 0 radical (unpaired) electrons. The van der Waals surface area contributed by atoms with E-state index in [2.05, 4.69) is 14.7 Å². The summed E-state index contributed by atoms with van der Waals surface area (Å²) in [5, 5.41) is 48.0. The molecule has 0 saturated carbocycles. The number of hydrogen-bond acceptors (Lipinski definition) is 25. The second-order valence-electron chi connectivity index (χ2n) is 34.9. The van der Waals surface area contributed by atoms with Gasteiger partial charge in [0.05, 0.1) is 78.8 Å². The molecule has 136 heavy (non-hydrogen) atoms. The molecule has 6 atom stereocenters. The van der Waals surface area contributed by atoms with Gasteiger partial charge < -0.3 is 40.0 Å². The van der Waals surface area contributed by atoms with Crippen molar-refractivity contribution in [2.75, 3.05) is 121 Å². The summed E-state index contributed by atoms with van der Waals surface area (Å²) in [7, 11) is -21.3. The van der Waals surface area contributed by atoms with Crippen LogP contribution in [-0.2, 0) is 93.9 Å². The highest BCUT2D eigenvalue weighted by atomic mass is 32.3. The Kier molecular flexibility index (Phi) is 34.1. The highest BCUT2D eigenvalue weighted by Crippen LogP contribution is 2.38. The van der Waals surface area contributed by atoms with Crippen LogP contribution in [0.4, 0.5) is 40.3 Å². The Labute approximate surface area is 819 Å². The molecule has 4 aliphatic rings. The van der Waals surface area contributed by atoms with Crippen molar-refractivity contribution in [1.29, 1.82) is 0 Å². The molecule has 16 rings (SSSR count). The minimum Gasteiger partial charge on any atom is -0.386 e. The Morgan fingerprint density at radius 3 is 0.831 bits per heavy atom. The molecule has 4 aromatic heterocycles. The summed E-state index contributed by atoms with van der Waals surface area (Å²) in [5.41, 5.74) is 2.59. The Balaban J connectivity index is 0.000000153. The molecule has 0 amide bonds. The zero-order valence-corrected chi connectivity index (χ0v) is 85.5. The van der Waals surface area contributed by atoms with Crippen molar-refractivity contribution in [1.82, 2.24) is 17.2 Å². The van der Waals surface area contributed by atoms with Crippen molar-refractivity contribution in [2.45, 2.75) is 138 Å². The molecule has 40 heteroatoms. The molecular weight excluding hydrogens is 1980 g/mol. The first-order valence-corrected chi connectivity index (χ1v) is 57.9. The Bertz CT molecular complexity index is 6410. The fourth-order valence-electron chi connectivity index (χ4n) is 15.9. The summed E-state index contributed by atoms with van der Waals surface area (Å²) in [4.78, 5) is 10.2. The Morgan fingerprint density at radius 2 is 0.566 bits per heavy atom. The summed E-state index contributed by atoms with van der Waals surface area (Å²) in [6.45, 7) is 17.3. The lowest BCUT2D eigenvalue weighted by Gasteiger charge is -2.42. The third kappa shape index (κ3) is 26.4. The second-order valence-corrected chi connectivity index (χ2v) is 53.5. The first-order chi connectivity index (χ1) is 64.1. The molecule has 0 spiro atoms. The van der Waals surface area contributed by atoms with Crippen molar-refractivity contribution >= 4 is 151 Å². The Hall–Kier alpha value is -8.44. The lowest BCUT2D eigenvalue weighted by Crippen LogP contribution is -2.57. The molecular formula is C96H108F4N8O16S12. The minimum absolute atomic E-state index is 0.0190. The lowest BCUT2D eigenvalue weighted by molar-refractivity contribution is 0.0780. The average Bonchev–Trinajstić information content (AvgIpc) is 1.15. The number of benzene rings is 8. The monoisotopic (exact) mass is 2090 g/mol. The van der Waals surface area contributed by atoms with Crippen LogP contribution in [0.3, 0.4) is 0 Å². The fraction of sp³-hybridized carbons (Fsp3) is 0.333. The van der Waals surface area contributed by atoms with Crippen molar-refractivity contribution in [3.8, 4) is 0 Å². The zero-order chi connectivity index (χ0) is 98.1. The molecule has 0 aliphatic carbocycles. The quantitative estimate of drug-likeness (QED) is 0.0201. The van der Waals surface area contributed by atoms with Crippen LogP contribution in [0.2, 0.25) is 0 Å². The first-order valence-electron chi connectivity index (χ1n) is 43.3. The van der Waals surface area contributed by atoms with E-state index in [1.807, 2.05) is 77.7 Å². The molecule has 728 valence electrons. The molecule has 4 N–H and O–H groups in total. The minimum atomic E-state index is -3.84. The van der Waals surface area contributed by atoms with Gasteiger partial charge in [-0.15, -0.1) is 57.1 Å². The van der Waals surface area contributed by atoms with E-state index in [-0.39, 0.29) is 91.4 Å². The van der Waals surface area contributed by atoms with E-state index < -0.39 is 117 Å². The predicted octanol–water partition coefficient (Wildman–Crippen LogP) is 15.9. The number of nitrogens with zero attached hydrogens (tertiary/aromatic N) is 8. The van der Waals surface area contributed by atoms with Crippen molar-refractivity contribution in [2.24, 2.45) is 0 Å². The summed E-state index contributed by atoms with van der Waals surface area (Å²) < 4.78 is 218. The van der Waals surface area contributed by atoms with Crippen LogP contribution in [0.1, 0.15) is 77.6 Å². The van der Waals surface area contributed by atoms with Crippen LogP contribution in [0.5, 0.6) is 0 Å².